The van der Waals surface area contributed by atoms with Crippen LogP contribution in [0.25, 0.3) is 0 Å². The fourth-order valence-electron chi connectivity index (χ4n) is 1.06. The molecule has 0 aromatic heterocycles. The zero-order valence-corrected chi connectivity index (χ0v) is 7.63. The second-order valence-corrected chi connectivity index (χ2v) is 3.18. The van der Waals surface area contributed by atoms with Crippen molar-refractivity contribution >= 4 is 5.78 Å². The fraction of sp³-hybridized carbons (Fsp3) is 0.455. The number of ketones is 1. The molecule has 0 aromatic rings. The quantitative estimate of drug-likeness (QED) is 0.500. The van der Waals surface area contributed by atoms with E-state index >= 15 is 0 Å². The van der Waals surface area contributed by atoms with Gasteiger partial charge in [0.2, 0.25) is 0 Å². The minimum absolute atomic E-state index is 0.217. The lowest BCUT2D eigenvalue weighted by Crippen LogP contribution is -1.93. The van der Waals surface area contributed by atoms with E-state index in [0.29, 0.717) is 12.3 Å². The van der Waals surface area contributed by atoms with E-state index in [-0.39, 0.29) is 5.78 Å². The lowest BCUT2D eigenvalue weighted by atomic mass is 10.0. The van der Waals surface area contributed by atoms with Gasteiger partial charge < -0.3 is 0 Å². The SMILES string of the molecule is CC1=C=CCCC(=O)/C=C\C1C. The first-order valence-corrected chi connectivity index (χ1v) is 4.33. The summed E-state index contributed by atoms with van der Waals surface area (Å²) in [5.74, 6) is 0.554. The molecule has 0 aromatic carbocycles. The van der Waals surface area contributed by atoms with Gasteiger partial charge in [-0.25, -0.2) is 0 Å². The standard InChI is InChI=1S/C11H14O/c1-9-5-3-4-6-11(12)8-7-10(9)2/h3,7-8,10H,4,6H2,1-2H3/b8-7-. The van der Waals surface area contributed by atoms with Crippen LogP contribution in [0, 0.1) is 5.92 Å². The van der Waals surface area contributed by atoms with Gasteiger partial charge in [0.05, 0.1) is 0 Å². The van der Waals surface area contributed by atoms with E-state index in [1.165, 1.54) is 5.57 Å². The summed E-state index contributed by atoms with van der Waals surface area (Å²) in [5.41, 5.74) is 4.38. The molecule has 64 valence electrons. The molecule has 1 atom stereocenters. The van der Waals surface area contributed by atoms with Crippen LogP contribution in [0.15, 0.2) is 29.5 Å². The van der Waals surface area contributed by atoms with Crippen LogP contribution >= 0.6 is 0 Å². The molecule has 0 heterocycles. The van der Waals surface area contributed by atoms with Gasteiger partial charge >= 0.3 is 0 Å². The molecule has 0 spiro atoms. The molecule has 12 heavy (non-hydrogen) atoms. The summed E-state index contributed by atoms with van der Waals surface area (Å²) >= 11 is 0. The Morgan fingerprint density at radius 3 is 3.08 bits per heavy atom. The highest BCUT2D eigenvalue weighted by Gasteiger charge is 2.02. The van der Waals surface area contributed by atoms with Crippen molar-refractivity contribution in [3.63, 3.8) is 0 Å². The predicted octanol–water partition coefficient (Wildman–Crippen LogP) is 2.64. The van der Waals surface area contributed by atoms with Crippen LogP contribution in [0.5, 0.6) is 0 Å². The summed E-state index contributed by atoms with van der Waals surface area (Å²) in [4.78, 5) is 11.1. The van der Waals surface area contributed by atoms with Crippen molar-refractivity contribution in [2.24, 2.45) is 5.92 Å². The third-order valence-corrected chi connectivity index (χ3v) is 2.12. The van der Waals surface area contributed by atoms with E-state index in [1.807, 2.05) is 19.1 Å². The molecule has 0 saturated heterocycles. The van der Waals surface area contributed by atoms with Crippen LogP contribution in [0.1, 0.15) is 26.7 Å². The van der Waals surface area contributed by atoms with E-state index in [1.54, 1.807) is 6.08 Å². The molecule has 0 radical (unpaired) electrons. The third-order valence-electron chi connectivity index (χ3n) is 2.12. The van der Waals surface area contributed by atoms with E-state index in [0.717, 1.165) is 6.42 Å². The number of allylic oxidation sites excluding steroid dienone is 3. The Morgan fingerprint density at radius 2 is 2.33 bits per heavy atom. The van der Waals surface area contributed by atoms with Crippen LogP contribution < -0.4 is 0 Å². The normalized spacial score (nSPS) is 27.0. The largest absolute Gasteiger partial charge is 0.295 e. The Labute approximate surface area is 73.5 Å². The summed E-state index contributed by atoms with van der Waals surface area (Å²) in [6, 6.07) is 0. The molecular weight excluding hydrogens is 148 g/mol. The topological polar surface area (TPSA) is 17.1 Å². The first-order valence-electron chi connectivity index (χ1n) is 4.33. The van der Waals surface area contributed by atoms with Crippen molar-refractivity contribution in [2.75, 3.05) is 0 Å². The molecular formula is C11H14O. The van der Waals surface area contributed by atoms with Crippen LogP contribution in [-0.4, -0.2) is 5.78 Å². The first kappa shape index (κ1) is 9.02. The lowest BCUT2D eigenvalue weighted by Gasteiger charge is -2.01. The number of hydrogen-bond acceptors (Lipinski definition) is 1. The molecule has 1 unspecified atom stereocenters. The van der Waals surface area contributed by atoms with Gasteiger partial charge in [-0.05, 0) is 31.1 Å². The summed E-state index contributed by atoms with van der Waals surface area (Å²) in [6.45, 7) is 4.12. The number of carbonyl (C=O) groups is 1. The van der Waals surface area contributed by atoms with Gasteiger partial charge in [-0.1, -0.05) is 13.0 Å². The van der Waals surface area contributed by atoms with Crippen molar-refractivity contribution in [3.8, 4) is 0 Å². The Kier molecular flexibility index (Phi) is 3.07. The van der Waals surface area contributed by atoms with Crippen molar-refractivity contribution in [1.29, 1.82) is 0 Å². The molecule has 1 rings (SSSR count). The van der Waals surface area contributed by atoms with Gasteiger partial charge in [0.1, 0.15) is 0 Å². The van der Waals surface area contributed by atoms with Crippen LogP contribution in [-0.2, 0) is 4.79 Å². The predicted molar refractivity (Wildman–Crippen MR) is 49.8 cm³/mol. The van der Waals surface area contributed by atoms with Crippen molar-refractivity contribution < 1.29 is 4.79 Å². The highest BCUT2D eigenvalue weighted by molar-refractivity contribution is 5.89. The minimum atomic E-state index is 0.217. The van der Waals surface area contributed by atoms with E-state index in [2.05, 4.69) is 12.7 Å². The van der Waals surface area contributed by atoms with Gasteiger partial charge in [-0.2, -0.15) is 0 Å². The van der Waals surface area contributed by atoms with Crippen molar-refractivity contribution in [2.45, 2.75) is 26.7 Å². The van der Waals surface area contributed by atoms with Gasteiger partial charge in [0.25, 0.3) is 0 Å². The lowest BCUT2D eigenvalue weighted by molar-refractivity contribution is -0.114. The summed E-state index contributed by atoms with van der Waals surface area (Å²) in [5, 5.41) is 0. The van der Waals surface area contributed by atoms with E-state index < -0.39 is 0 Å². The van der Waals surface area contributed by atoms with Crippen molar-refractivity contribution in [1.82, 2.24) is 0 Å². The zero-order valence-electron chi connectivity index (χ0n) is 7.63. The summed E-state index contributed by atoms with van der Waals surface area (Å²) in [6.07, 6.45) is 7.02. The van der Waals surface area contributed by atoms with Crippen LogP contribution in [0.3, 0.4) is 0 Å². The number of hydrogen-bond donors (Lipinski definition) is 0. The summed E-state index contributed by atoms with van der Waals surface area (Å²) < 4.78 is 0. The Bertz CT molecular complexity index is 265. The smallest absolute Gasteiger partial charge is 0.155 e. The second kappa shape index (κ2) is 4.08. The Morgan fingerprint density at radius 1 is 1.58 bits per heavy atom. The molecule has 1 aliphatic rings. The molecule has 1 aliphatic carbocycles. The average Bonchev–Trinajstić information content (AvgIpc) is 2.11. The highest BCUT2D eigenvalue weighted by atomic mass is 16.1. The number of rotatable bonds is 0. The van der Waals surface area contributed by atoms with Crippen LogP contribution in [0.4, 0.5) is 0 Å². The maximum absolute atomic E-state index is 11.1. The first-order chi connectivity index (χ1) is 5.70. The minimum Gasteiger partial charge on any atom is -0.295 e. The monoisotopic (exact) mass is 162 g/mol. The molecule has 1 heteroatoms. The van der Waals surface area contributed by atoms with E-state index in [4.69, 9.17) is 0 Å². The summed E-state index contributed by atoms with van der Waals surface area (Å²) in [7, 11) is 0. The molecule has 0 fully saturated rings. The van der Waals surface area contributed by atoms with Crippen LogP contribution in [0.2, 0.25) is 0 Å². The fourth-order valence-corrected chi connectivity index (χ4v) is 1.06. The average molecular weight is 162 g/mol. The molecule has 0 bridgehead atoms. The van der Waals surface area contributed by atoms with Gasteiger partial charge in [-0.15, -0.1) is 5.73 Å². The van der Waals surface area contributed by atoms with Gasteiger partial charge in [0.15, 0.2) is 5.78 Å². The Hall–Kier alpha value is -1.07. The molecule has 0 aliphatic heterocycles. The molecule has 0 saturated carbocycles. The zero-order chi connectivity index (χ0) is 8.97. The second-order valence-electron chi connectivity index (χ2n) is 3.18. The Balaban J connectivity index is 2.87. The van der Waals surface area contributed by atoms with Gasteiger partial charge in [-0.3, -0.25) is 4.79 Å². The molecule has 0 amide bonds. The highest BCUT2D eigenvalue weighted by Crippen LogP contribution is 2.11. The maximum atomic E-state index is 11.1. The van der Waals surface area contributed by atoms with Gasteiger partial charge in [0, 0.05) is 12.3 Å². The maximum Gasteiger partial charge on any atom is 0.155 e. The van der Waals surface area contributed by atoms with Crippen molar-refractivity contribution in [3.05, 3.63) is 29.5 Å². The molecule has 1 nitrogen and oxygen atoms in total. The third kappa shape index (κ3) is 2.52. The number of carbonyl (C=O) groups excluding carboxylic acids is 1. The van der Waals surface area contributed by atoms with E-state index in [9.17, 15) is 4.79 Å². The molecule has 0 N–H and O–H groups in total.